The van der Waals surface area contributed by atoms with E-state index >= 15 is 0 Å². The van der Waals surface area contributed by atoms with Gasteiger partial charge in [0, 0.05) is 38.0 Å². The molecule has 0 aliphatic heterocycles. The van der Waals surface area contributed by atoms with Crippen molar-refractivity contribution in [1.82, 2.24) is 5.32 Å². The van der Waals surface area contributed by atoms with Crippen LogP contribution in [0.25, 0.3) is 0 Å². The molecule has 0 fully saturated rings. The van der Waals surface area contributed by atoms with Gasteiger partial charge in [0.1, 0.15) is 0 Å². The largest absolute Gasteiger partial charge is 0.395 e. The summed E-state index contributed by atoms with van der Waals surface area (Å²) in [6.07, 6.45) is 0. The Labute approximate surface area is 122 Å². The van der Waals surface area contributed by atoms with Crippen molar-refractivity contribution < 1.29 is 9.84 Å². The van der Waals surface area contributed by atoms with Crippen molar-refractivity contribution in [2.75, 3.05) is 38.3 Å². The molecular weight excluding hydrogens is 252 g/mol. The summed E-state index contributed by atoms with van der Waals surface area (Å²) in [5, 5.41) is 12.8. The standard InChI is InChI=1S/C16H28N2O2/c1-16(2,3)17-13-14-7-5-6-8-15(14)18(9-11-19)10-12-20-4/h5-8,17,19H,9-13H2,1-4H3. The molecule has 0 radical (unpaired) electrons. The third-order valence-corrected chi connectivity index (χ3v) is 3.08. The van der Waals surface area contributed by atoms with E-state index in [-0.39, 0.29) is 12.1 Å². The number of nitrogens with one attached hydrogen (secondary N) is 1. The molecule has 0 spiro atoms. The molecule has 1 aromatic rings. The first-order chi connectivity index (χ1) is 9.48. The third-order valence-electron chi connectivity index (χ3n) is 3.08. The van der Waals surface area contributed by atoms with Gasteiger partial charge in [0.25, 0.3) is 0 Å². The molecule has 0 saturated heterocycles. The Morgan fingerprint density at radius 2 is 1.90 bits per heavy atom. The van der Waals surface area contributed by atoms with Crippen LogP contribution in [0.3, 0.4) is 0 Å². The summed E-state index contributed by atoms with van der Waals surface area (Å²) in [5.41, 5.74) is 2.49. The highest BCUT2D eigenvalue weighted by molar-refractivity contribution is 5.53. The molecule has 1 aromatic carbocycles. The molecule has 20 heavy (non-hydrogen) atoms. The fourth-order valence-electron chi connectivity index (χ4n) is 2.00. The van der Waals surface area contributed by atoms with E-state index in [1.54, 1.807) is 7.11 Å². The molecule has 0 bridgehead atoms. The average Bonchev–Trinajstić information content (AvgIpc) is 2.41. The Balaban J connectivity index is 2.84. The van der Waals surface area contributed by atoms with E-state index in [1.807, 2.05) is 6.07 Å². The lowest BCUT2D eigenvalue weighted by Gasteiger charge is -2.28. The fraction of sp³-hybridized carbons (Fsp3) is 0.625. The highest BCUT2D eigenvalue weighted by atomic mass is 16.5. The molecule has 0 heterocycles. The van der Waals surface area contributed by atoms with Gasteiger partial charge in [0.2, 0.25) is 0 Å². The Morgan fingerprint density at radius 3 is 2.50 bits per heavy atom. The molecule has 0 aliphatic carbocycles. The Kier molecular flexibility index (Phi) is 6.99. The highest BCUT2D eigenvalue weighted by Crippen LogP contribution is 2.20. The number of rotatable bonds is 8. The zero-order chi connectivity index (χ0) is 15.0. The summed E-state index contributed by atoms with van der Waals surface area (Å²) in [7, 11) is 1.70. The zero-order valence-electron chi connectivity index (χ0n) is 13.1. The van der Waals surface area contributed by atoms with Crippen LogP contribution < -0.4 is 10.2 Å². The molecule has 0 saturated carbocycles. The van der Waals surface area contributed by atoms with Gasteiger partial charge in [0.05, 0.1) is 13.2 Å². The molecule has 114 valence electrons. The van der Waals surface area contributed by atoms with Crippen LogP contribution in [0.5, 0.6) is 0 Å². The van der Waals surface area contributed by atoms with Gasteiger partial charge in [-0.2, -0.15) is 0 Å². The van der Waals surface area contributed by atoms with Crippen LogP contribution in [0.15, 0.2) is 24.3 Å². The highest BCUT2D eigenvalue weighted by Gasteiger charge is 2.13. The second-order valence-corrected chi connectivity index (χ2v) is 5.94. The van der Waals surface area contributed by atoms with Gasteiger partial charge in [-0.3, -0.25) is 0 Å². The normalized spacial score (nSPS) is 11.7. The van der Waals surface area contributed by atoms with E-state index in [1.165, 1.54) is 5.56 Å². The van der Waals surface area contributed by atoms with Crippen molar-refractivity contribution >= 4 is 5.69 Å². The number of benzene rings is 1. The minimum Gasteiger partial charge on any atom is -0.395 e. The summed E-state index contributed by atoms with van der Waals surface area (Å²) in [5.74, 6) is 0. The fourth-order valence-corrected chi connectivity index (χ4v) is 2.00. The molecular formula is C16H28N2O2. The van der Waals surface area contributed by atoms with Crippen molar-refractivity contribution in [2.24, 2.45) is 0 Å². The minimum absolute atomic E-state index is 0.0848. The van der Waals surface area contributed by atoms with E-state index in [4.69, 9.17) is 4.74 Å². The molecule has 0 aliphatic rings. The Hall–Kier alpha value is -1.10. The predicted molar refractivity (Wildman–Crippen MR) is 84.2 cm³/mol. The van der Waals surface area contributed by atoms with Crippen LogP contribution in [0.2, 0.25) is 0 Å². The van der Waals surface area contributed by atoms with Crippen LogP contribution in [0.4, 0.5) is 5.69 Å². The first-order valence-corrected chi connectivity index (χ1v) is 7.15. The smallest absolute Gasteiger partial charge is 0.0637 e. The molecule has 4 nitrogen and oxygen atoms in total. The lowest BCUT2D eigenvalue weighted by molar-refractivity contribution is 0.203. The maximum Gasteiger partial charge on any atom is 0.0637 e. The maximum atomic E-state index is 9.25. The van der Waals surface area contributed by atoms with Crippen molar-refractivity contribution in [3.8, 4) is 0 Å². The van der Waals surface area contributed by atoms with E-state index < -0.39 is 0 Å². The molecule has 2 N–H and O–H groups in total. The van der Waals surface area contributed by atoms with Crippen LogP contribution >= 0.6 is 0 Å². The lowest BCUT2D eigenvalue weighted by atomic mass is 10.1. The summed E-state index contributed by atoms with van der Waals surface area (Å²) >= 11 is 0. The lowest BCUT2D eigenvalue weighted by Crippen LogP contribution is -2.36. The first-order valence-electron chi connectivity index (χ1n) is 7.15. The van der Waals surface area contributed by atoms with Gasteiger partial charge < -0.3 is 20.1 Å². The zero-order valence-corrected chi connectivity index (χ0v) is 13.1. The third kappa shape index (κ3) is 5.90. The van der Waals surface area contributed by atoms with Crippen LogP contribution in [0, 0.1) is 0 Å². The second kappa shape index (κ2) is 8.25. The van der Waals surface area contributed by atoms with E-state index in [9.17, 15) is 5.11 Å². The molecule has 0 atom stereocenters. The number of aliphatic hydroxyl groups is 1. The van der Waals surface area contributed by atoms with E-state index in [0.29, 0.717) is 13.2 Å². The average molecular weight is 280 g/mol. The van der Waals surface area contributed by atoms with Crippen molar-refractivity contribution in [2.45, 2.75) is 32.9 Å². The van der Waals surface area contributed by atoms with Crippen LogP contribution in [-0.4, -0.2) is 44.1 Å². The van der Waals surface area contributed by atoms with Gasteiger partial charge in [-0.1, -0.05) is 18.2 Å². The van der Waals surface area contributed by atoms with Crippen LogP contribution in [-0.2, 0) is 11.3 Å². The summed E-state index contributed by atoms with van der Waals surface area (Å²) in [6, 6.07) is 8.32. The number of hydrogen-bond acceptors (Lipinski definition) is 4. The summed E-state index contributed by atoms with van der Waals surface area (Å²) in [4.78, 5) is 2.17. The Morgan fingerprint density at radius 1 is 1.20 bits per heavy atom. The van der Waals surface area contributed by atoms with Gasteiger partial charge >= 0.3 is 0 Å². The predicted octanol–water partition coefficient (Wildman–Crippen LogP) is 2.02. The van der Waals surface area contributed by atoms with Gasteiger partial charge in [-0.15, -0.1) is 0 Å². The number of anilines is 1. The second-order valence-electron chi connectivity index (χ2n) is 5.94. The van der Waals surface area contributed by atoms with Crippen LogP contribution in [0.1, 0.15) is 26.3 Å². The number of para-hydroxylation sites is 1. The topological polar surface area (TPSA) is 44.7 Å². The Bertz CT molecular complexity index is 388. The molecule has 1 rings (SSSR count). The number of aliphatic hydroxyl groups excluding tert-OH is 1. The summed E-state index contributed by atoms with van der Waals surface area (Å²) in [6.45, 7) is 9.49. The monoisotopic (exact) mass is 280 g/mol. The maximum absolute atomic E-state index is 9.25. The molecule has 0 amide bonds. The number of methoxy groups -OCH3 is 1. The van der Waals surface area contributed by atoms with Gasteiger partial charge in [-0.05, 0) is 32.4 Å². The summed E-state index contributed by atoms with van der Waals surface area (Å²) < 4.78 is 5.16. The quantitative estimate of drug-likeness (QED) is 0.765. The van der Waals surface area contributed by atoms with Gasteiger partial charge in [0.15, 0.2) is 0 Å². The number of ether oxygens (including phenoxy) is 1. The molecule has 0 aromatic heterocycles. The number of hydrogen-bond donors (Lipinski definition) is 2. The molecule has 0 unspecified atom stereocenters. The molecule has 4 heteroatoms. The van der Waals surface area contributed by atoms with Crippen molar-refractivity contribution in [3.05, 3.63) is 29.8 Å². The van der Waals surface area contributed by atoms with E-state index in [2.05, 4.69) is 49.2 Å². The van der Waals surface area contributed by atoms with E-state index in [0.717, 1.165) is 18.8 Å². The van der Waals surface area contributed by atoms with Crippen molar-refractivity contribution in [1.29, 1.82) is 0 Å². The number of nitrogens with zero attached hydrogens (tertiary/aromatic N) is 1. The SMILES string of the molecule is COCCN(CCO)c1ccccc1CNC(C)(C)C. The van der Waals surface area contributed by atoms with Gasteiger partial charge in [-0.25, -0.2) is 0 Å². The minimum atomic E-state index is 0.0848. The van der Waals surface area contributed by atoms with Crippen molar-refractivity contribution in [3.63, 3.8) is 0 Å². The first kappa shape index (κ1) is 17.0.